The minimum absolute atomic E-state index is 0.0351. The molecular formula is C13H13ClN2O2S. The van der Waals surface area contributed by atoms with Crippen LogP contribution < -0.4 is 5.73 Å². The van der Waals surface area contributed by atoms with Crippen molar-refractivity contribution in [2.45, 2.75) is 13.2 Å². The average Bonchev–Trinajstić information content (AvgIpc) is 2.93. The maximum Gasteiger partial charge on any atom is 0.170 e. The van der Waals surface area contributed by atoms with Crippen molar-refractivity contribution in [3.05, 3.63) is 56.7 Å². The predicted molar refractivity (Wildman–Crippen MR) is 76.8 cm³/mol. The molecule has 0 saturated heterocycles. The second-order valence-electron chi connectivity index (χ2n) is 3.86. The molecule has 4 nitrogen and oxygen atoms in total. The maximum atomic E-state index is 8.59. The number of nitrogens with zero attached hydrogens (tertiary/aromatic N) is 1. The molecule has 6 heteroatoms. The lowest BCUT2D eigenvalue weighted by Gasteiger charge is -2.07. The molecule has 0 fully saturated rings. The van der Waals surface area contributed by atoms with Gasteiger partial charge in [0.1, 0.15) is 0 Å². The highest BCUT2D eigenvalue weighted by molar-refractivity contribution is 7.09. The smallest absolute Gasteiger partial charge is 0.170 e. The van der Waals surface area contributed by atoms with E-state index < -0.39 is 0 Å². The van der Waals surface area contributed by atoms with Crippen LogP contribution in [0.5, 0.6) is 0 Å². The van der Waals surface area contributed by atoms with E-state index in [0.717, 1.165) is 5.56 Å². The van der Waals surface area contributed by atoms with Gasteiger partial charge in [0.25, 0.3) is 0 Å². The highest BCUT2D eigenvalue weighted by atomic mass is 35.5. The van der Waals surface area contributed by atoms with Gasteiger partial charge in [-0.25, -0.2) is 0 Å². The van der Waals surface area contributed by atoms with E-state index in [4.69, 9.17) is 27.3 Å². The minimum atomic E-state index is 0.0351. The molecule has 0 aliphatic rings. The number of ether oxygens (including phenoxy) is 1. The Balaban J connectivity index is 1.97. The van der Waals surface area contributed by atoms with Crippen molar-refractivity contribution in [3.8, 4) is 0 Å². The number of hydrogen-bond acceptors (Lipinski definition) is 4. The van der Waals surface area contributed by atoms with Crippen molar-refractivity contribution in [2.24, 2.45) is 10.9 Å². The Hall–Kier alpha value is -1.56. The van der Waals surface area contributed by atoms with Gasteiger partial charge in [-0.15, -0.1) is 11.3 Å². The first-order valence-electron chi connectivity index (χ1n) is 5.57. The fourth-order valence-corrected chi connectivity index (χ4v) is 2.41. The molecule has 100 valence electrons. The lowest BCUT2D eigenvalue weighted by Crippen LogP contribution is -2.13. The van der Waals surface area contributed by atoms with Gasteiger partial charge in [0.15, 0.2) is 5.84 Å². The standard InChI is InChI=1S/C13H13ClN2O2S/c14-12-6-9(13(15)16-17)3-4-10(12)7-18-8-11-2-1-5-19-11/h1-6,17H,7-8H2,(H2,15,16). The molecule has 0 spiro atoms. The third-order valence-electron chi connectivity index (χ3n) is 2.54. The minimum Gasteiger partial charge on any atom is -0.409 e. The van der Waals surface area contributed by atoms with Crippen LogP contribution in [-0.4, -0.2) is 11.0 Å². The Bertz CT molecular complexity index is 570. The second-order valence-corrected chi connectivity index (χ2v) is 5.30. The molecule has 19 heavy (non-hydrogen) atoms. The van der Waals surface area contributed by atoms with Crippen LogP contribution in [0.1, 0.15) is 16.0 Å². The van der Waals surface area contributed by atoms with E-state index >= 15 is 0 Å². The average molecular weight is 297 g/mol. The molecule has 0 radical (unpaired) electrons. The van der Waals surface area contributed by atoms with Gasteiger partial charge in [0.05, 0.1) is 13.2 Å². The summed E-state index contributed by atoms with van der Waals surface area (Å²) in [5.74, 6) is 0.0351. The molecule has 0 amide bonds. The monoisotopic (exact) mass is 296 g/mol. The van der Waals surface area contributed by atoms with Gasteiger partial charge in [0, 0.05) is 15.5 Å². The number of rotatable bonds is 5. The lowest BCUT2D eigenvalue weighted by atomic mass is 10.1. The van der Waals surface area contributed by atoms with Crippen LogP contribution in [0.2, 0.25) is 5.02 Å². The van der Waals surface area contributed by atoms with Crippen molar-refractivity contribution >= 4 is 28.8 Å². The van der Waals surface area contributed by atoms with Crippen LogP contribution in [0.25, 0.3) is 0 Å². The molecule has 0 aliphatic heterocycles. The Morgan fingerprint density at radius 1 is 1.37 bits per heavy atom. The van der Waals surface area contributed by atoms with Crippen molar-refractivity contribution in [1.29, 1.82) is 0 Å². The molecule has 0 unspecified atom stereocenters. The van der Waals surface area contributed by atoms with Gasteiger partial charge in [-0.2, -0.15) is 0 Å². The summed E-state index contributed by atoms with van der Waals surface area (Å²) in [6.45, 7) is 0.989. The van der Waals surface area contributed by atoms with E-state index in [9.17, 15) is 0 Å². The first-order valence-corrected chi connectivity index (χ1v) is 6.83. The molecule has 1 heterocycles. The molecule has 3 N–H and O–H groups in total. The molecule has 0 aliphatic carbocycles. The van der Waals surface area contributed by atoms with Gasteiger partial charge in [-0.1, -0.05) is 35.0 Å². The zero-order valence-electron chi connectivity index (χ0n) is 10.0. The van der Waals surface area contributed by atoms with Crippen LogP contribution in [0, 0.1) is 0 Å². The summed E-state index contributed by atoms with van der Waals surface area (Å²) < 4.78 is 5.59. The van der Waals surface area contributed by atoms with Gasteiger partial charge in [-0.05, 0) is 23.1 Å². The van der Waals surface area contributed by atoms with E-state index in [1.165, 1.54) is 4.88 Å². The second kappa shape index (κ2) is 6.56. The van der Waals surface area contributed by atoms with Crippen molar-refractivity contribution in [2.75, 3.05) is 0 Å². The molecule has 0 atom stereocenters. The zero-order valence-corrected chi connectivity index (χ0v) is 11.6. The summed E-state index contributed by atoms with van der Waals surface area (Å²) in [5, 5.41) is 14.1. The molecule has 1 aromatic heterocycles. The van der Waals surface area contributed by atoms with E-state index in [1.54, 1.807) is 23.5 Å². The molecule has 2 aromatic rings. The van der Waals surface area contributed by atoms with Crippen LogP contribution >= 0.6 is 22.9 Å². The molecule has 1 aromatic carbocycles. The topological polar surface area (TPSA) is 67.8 Å². The summed E-state index contributed by atoms with van der Waals surface area (Å²) in [5.41, 5.74) is 6.94. The molecule has 2 rings (SSSR count). The van der Waals surface area contributed by atoms with Crippen molar-refractivity contribution in [3.63, 3.8) is 0 Å². The number of amidine groups is 1. The van der Waals surface area contributed by atoms with Crippen LogP contribution in [0.15, 0.2) is 40.9 Å². The third kappa shape index (κ3) is 3.70. The normalized spacial score (nSPS) is 11.7. The number of halogens is 1. The third-order valence-corrected chi connectivity index (χ3v) is 3.74. The first kappa shape index (κ1) is 13.9. The van der Waals surface area contributed by atoms with E-state index in [-0.39, 0.29) is 5.84 Å². The highest BCUT2D eigenvalue weighted by Gasteiger charge is 2.05. The quantitative estimate of drug-likeness (QED) is 0.385. The Kier molecular flexibility index (Phi) is 4.79. The van der Waals surface area contributed by atoms with E-state index in [2.05, 4.69) is 5.16 Å². The van der Waals surface area contributed by atoms with E-state index in [1.807, 2.05) is 23.6 Å². The molecule has 0 saturated carbocycles. The van der Waals surface area contributed by atoms with Gasteiger partial charge < -0.3 is 15.7 Å². The van der Waals surface area contributed by atoms with Crippen LogP contribution in [0.3, 0.4) is 0 Å². The summed E-state index contributed by atoms with van der Waals surface area (Å²) in [4.78, 5) is 1.17. The van der Waals surface area contributed by atoms with Crippen molar-refractivity contribution < 1.29 is 9.94 Å². The predicted octanol–water partition coefficient (Wildman–Crippen LogP) is 3.21. The first-order chi connectivity index (χ1) is 9.20. The Labute approximate surface area is 120 Å². The number of nitrogens with two attached hydrogens (primary N) is 1. The number of hydrogen-bond donors (Lipinski definition) is 2. The lowest BCUT2D eigenvalue weighted by molar-refractivity contribution is 0.109. The SMILES string of the molecule is N/C(=N/O)c1ccc(COCc2cccs2)c(Cl)c1. The van der Waals surface area contributed by atoms with Gasteiger partial charge in [0.2, 0.25) is 0 Å². The Morgan fingerprint density at radius 2 is 2.21 bits per heavy atom. The number of thiophene rings is 1. The number of benzene rings is 1. The maximum absolute atomic E-state index is 8.59. The fraction of sp³-hybridized carbons (Fsp3) is 0.154. The largest absolute Gasteiger partial charge is 0.409 e. The molecular weight excluding hydrogens is 284 g/mol. The zero-order chi connectivity index (χ0) is 13.7. The number of oxime groups is 1. The summed E-state index contributed by atoms with van der Waals surface area (Å²) in [7, 11) is 0. The van der Waals surface area contributed by atoms with Crippen LogP contribution in [-0.2, 0) is 18.0 Å². The highest BCUT2D eigenvalue weighted by Crippen LogP contribution is 2.20. The Morgan fingerprint density at radius 3 is 2.84 bits per heavy atom. The van der Waals surface area contributed by atoms with E-state index in [0.29, 0.717) is 23.8 Å². The van der Waals surface area contributed by atoms with Crippen LogP contribution in [0.4, 0.5) is 0 Å². The van der Waals surface area contributed by atoms with Crippen molar-refractivity contribution in [1.82, 2.24) is 0 Å². The molecule has 0 bridgehead atoms. The summed E-state index contributed by atoms with van der Waals surface area (Å²) in [6.07, 6.45) is 0. The fourth-order valence-electron chi connectivity index (χ4n) is 1.54. The van der Waals surface area contributed by atoms with Gasteiger partial charge in [-0.3, -0.25) is 0 Å². The summed E-state index contributed by atoms with van der Waals surface area (Å²) >= 11 is 7.78. The summed E-state index contributed by atoms with van der Waals surface area (Å²) in [6, 6.07) is 9.21. The van der Waals surface area contributed by atoms with Gasteiger partial charge >= 0.3 is 0 Å².